The Balaban J connectivity index is 1.73. The molecule has 0 aliphatic carbocycles. The Morgan fingerprint density at radius 2 is 1.86 bits per heavy atom. The van der Waals surface area contributed by atoms with E-state index in [1.165, 1.54) is 23.2 Å². The Labute approximate surface area is 158 Å². The lowest BCUT2D eigenvalue weighted by atomic mass is 10.0. The van der Waals surface area contributed by atoms with Crippen molar-refractivity contribution in [3.8, 4) is 0 Å². The Kier molecular flexibility index (Phi) is 5.17. The summed E-state index contributed by atoms with van der Waals surface area (Å²) >= 11 is 0. The van der Waals surface area contributed by atoms with Crippen LogP contribution in [0.15, 0.2) is 55.0 Å². The van der Waals surface area contributed by atoms with Crippen LogP contribution in [-0.2, 0) is 11.0 Å². The minimum atomic E-state index is -4.45. The van der Waals surface area contributed by atoms with Gasteiger partial charge in [-0.2, -0.15) is 13.2 Å². The number of benzene rings is 1. The molecular formula is C19H16F4N4O. The second kappa shape index (κ2) is 7.41. The zero-order valence-electron chi connectivity index (χ0n) is 14.6. The average Bonchev–Trinajstić information content (AvgIpc) is 2.63. The number of likely N-dealkylation sites (tertiary alicyclic amines) is 1. The number of anilines is 1. The Morgan fingerprint density at radius 1 is 1.21 bits per heavy atom. The molecule has 0 bridgehead atoms. The molecule has 2 heterocycles. The van der Waals surface area contributed by atoms with Gasteiger partial charge >= 0.3 is 6.18 Å². The van der Waals surface area contributed by atoms with Gasteiger partial charge in [0.05, 0.1) is 23.0 Å². The molecule has 0 atom stereocenters. The molecular weight excluding hydrogens is 376 g/mol. The molecule has 1 aromatic carbocycles. The lowest BCUT2D eigenvalue weighted by molar-refractivity contribution is -0.137. The third-order valence-corrected chi connectivity index (χ3v) is 4.31. The van der Waals surface area contributed by atoms with Crippen LogP contribution in [0.3, 0.4) is 0 Å². The topological polar surface area (TPSA) is 69.1 Å². The van der Waals surface area contributed by atoms with Gasteiger partial charge in [-0.05, 0) is 24.3 Å². The molecule has 2 N–H and O–H groups in total. The fourth-order valence-electron chi connectivity index (χ4n) is 2.81. The van der Waals surface area contributed by atoms with Gasteiger partial charge in [0.15, 0.2) is 5.83 Å². The summed E-state index contributed by atoms with van der Waals surface area (Å²) in [5, 5.41) is 11.4. The molecule has 5 nitrogen and oxygen atoms in total. The van der Waals surface area contributed by atoms with Crippen molar-refractivity contribution in [3.05, 3.63) is 71.8 Å². The Hall–Kier alpha value is -3.23. The van der Waals surface area contributed by atoms with Crippen LogP contribution in [0.4, 0.5) is 23.2 Å². The van der Waals surface area contributed by atoms with Gasteiger partial charge in [-0.3, -0.25) is 15.2 Å². The van der Waals surface area contributed by atoms with Crippen LogP contribution in [0.2, 0.25) is 0 Å². The van der Waals surface area contributed by atoms with E-state index in [0.717, 1.165) is 12.1 Å². The number of halogens is 4. The molecule has 28 heavy (non-hydrogen) atoms. The highest BCUT2D eigenvalue weighted by Gasteiger charge is 2.33. The van der Waals surface area contributed by atoms with Crippen molar-refractivity contribution < 1.29 is 22.4 Å². The summed E-state index contributed by atoms with van der Waals surface area (Å²) < 4.78 is 51.0. The predicted molar refractivity (Wildman–Crippen MR) is 95.9 cm³/mol. The molecule has 1 aromatic heterocycles. The van der Waals surface area contributed by atoms with Crippen molar-refractivity contribution in [2.45, 2.75) is 12.2 Å². The van der Waals surface area contributed by atoms with Crippen LogP contribution < -0.4 is 5.32 Å². The maximum Gasteiger partial charge on any atom is 0.416 e. The minimum absolute atomic E-state index is 0.0405. The molecule has 2 aromatic rings. The van der Waals surface area contributed by atoms with Gasteiger partial charge in [0, 0.05) is 24.8 Å². The minimum Gasteiger partial charge on any atom is -0.377 e. The summed E-state index contributed by atoms with van der Waals surface area (Å²) in [7, 11) is 0. The molecule has 1 aliphatic rings. The second-order valence-corrected chi connectivity index (χ2v) is 6.31. The van der Waals surface area contributed by atoms with Gasteiger partial charge in [0.2, 0.25) is 0 Å². The monoisotopic (exact) mass is 392 g/mol. The number of nitrogens with one attached hydrogen (secondary N) is 2. The molecule has 1 saturated heterocycles. The molecule has 0 spiro atoms. The number of hydrogen-bond acceptors (Lipinski definition) is 4. The molecule has 0 radical (unpaired) electrons. The largest absolute Gasteiger partial charge is 0.416 e. The summed E-state index contributed by atoms with van der Waals surface area (Å²) in [5.41, 5.74) is 0.220. The molecule has 1 amide bonds. The molecule has 9 heteroatoms. The molecule has 1 fully saturated rings. The summed E-state index contributed by atoms with van der Waals surface area (Å²) in [6, 6.07) is 7.45. The van der Waals surface area contributed by atoms with Crippen molar-refractivity contribution in [3.63, 3.8) is 0 Å². The first kappa shape index (κ1) is 19.5. The lowest BCUT2D eigenvalue weighted by Crippen LogP contribution is -2.57. The van der Waals surface area contributed by atoms with Gasteiger partial charge < -0.3 is 10.2 Å². The van der Waals surface area contributed by atoms with E-state index in [9.17, 15) is 22.4 Å². The highest BCUT2D eigenvalue weighted by atomic mass is 19.4. The average molecular weight is 392 g/mol. The van der Waals surface area contributed by atoms with E-state index in [4.69, 9.17) is 5.41 Å². The van der Waals surface area contributed by atoms with Gasteiger partial charge in [-0.1, -0.05) is 18.7 Å². The lowest BCUT2D eigenvalue weighted by Gasteiger charge is -2.39. The third kappa shape index (κ3) is 4.03. The van der Waals surface area contributed by atoms with Crippen molar-refractivity contribution in [1.29, 1.82) is 5.41 Å². The first-order valence-corrected chi connectivity index (χ1v) is 8.28. The predicted octanol–water partition coefficient (Wildman–Crippen LogP) is 3.62. The summed E-state index contributed by atoms with van der Waals surface area (Å²) in [6.07, 6.45) is -2.97. The maximum atomic E-state index is 12.9. The zero-order chi connectivity index (χ0) is 20.5. The van der Waals surface area contributed by atoms with Crippen molar-refractivity contribution >= 4 is 17.3 Å². The smallest absolute Gasteiger partial charge is 0.377 e. The normalized spacial score (nSPS) is 14.4. The zero-order valence-corrected chi connectivity index (χ0v) is 14.6. The third-order valence-electron chi connectivity index (χ3n) is 4.31. The number of pyridine rings is 1. The van der Waals surface area contributed by atoms with Crippen LogP contribution in [0.25, 0.3) is 0 Å². The van der Waals surface area contributed by atoms with Crippen molar-refractivity contribution in [2.75, 3.05) is 18.4 Å². The number of hydrogen-bond donors (Lipinski definition) is 2. The van der Waals surface area contributed by atoms with E-state index in [-0.39, 0.29) is 36.1 Å². The molecule has 146 valence electrons. The van der Waals surface area contributed by atoms with Crippen LogP contribution >= 0.6 is 0 Å². The molecule has 1 aliphatic heterocycles. The summed E-state index contributed by atoms with van der Waals surface area (Å²) in [6.45, 7) is 3.51. The number of rotatable bonds is 5. The molecule has 0 unspecified atom stereocenters. The highest BCUT2D eigenvalue weighted by Crippen LogP contribution is 2.29. The SMILES string of the molecule is C=C(F)C(=O)N1CC(Nc2cccnc2C(=N)c2ccc(C(F)(F)F)cc2)C1. The van der Waals surface area contributed by atoms with Crippen LogP contribution in [-0.4, -0.2) is 40.6 Å². The maximum absolute atomic E-state index is 12.9. The number of nitrogens with zero attached hydrogens (tertiary/aromatic N) is 2. The van der Waals surface area contributed by atoms with E-state index >= 15 is 0 Å². The number of amides is 1. The number of carbonyl (C=O) groups is 1. The standard InChI is InChI=1S/C19H16F4N4O/c1-11(20)18(28)27-9-14(10-27)26-15-3-2-8-25-17(15)16(24)12-4-6-13(7-5-12)19(21,22)23/h2-8,14,24,26H,1,9-10H2. The van der Waals surface area contributed by atoms with Crippen LogP contribution in [0.5, 0.6) is 0 Å². The summed E-state index contributed by atoms with van der Waals surface area (Å²) in [5.74, 6) is -1.79. The van der Waals surface area contributed by atoms with E-state index < -0.39 is 23.5 Å². The van der Waals surface area contributed by atoms with E-state index in [1.54, 1.807) is 12.1 Å². The molecule has 3 rings (SSSR count). The number of alkyl halides is 3. The van der Waals surface area contributed by atoms with Crippen LogP contribution in [0.1, 0.15) is 16.8 Å². The first-order valence-electron chi connectivity index (χ1n) is 8.28. The molecule has 0 saturated carbocycles. The van der Waals surface area contributed by atoms with Crippen LogP contribution in [0, 0.1) is 5.41 Å². The fourth-order valence-corrected chi connectivity index (χ4v) is 2.81. The van der Waals surface area contributed by atoms with Crippen molar-refractivity contribution in [1.82, 2.24) is 9.88 Å². The van der Waals surface area contributed by atoms with Gasteiger partial charge in [0.25, 0.3) is 5.91 Å². The second-order valence-electron chi connectivity index (χ2n) is 6.31. The van der Waals surface area contributed by atoms with E-state index in [2.05, 4.69) is 16.9 Å². The first-order chi connectivity index (χ1) is 13.2. The van der Waals surface area contributed by atoms with Gasteiger partial charge in [-0.15, -0.1) is 0 Å². The van der Waals surface area contributed by atoms with Gasteiger partial charge in [-0.25, -0.2) is 4.39 Å². The van der Waals surface area contributed by atoms with E-state index in [1.807, 2.05) is 0 Å². The Morgan fingerprint density at radius 3 is 2.43 bits per heavy atom. The Bertz CT molecular complexity index is 918. The van der Waals surface area contributed by atoms with Crippen molar-refractivity contribution in [2.24, 2.45) is 0 Å². The van der Waals surface area contributed by atoms with Gasteiger partial charge in [0.1, 0.15) is 5.69 Å². The highest BCUT2D eigenvalue weighted by molar-refractivity contribution is 6.12. The number of carbonyl (C=O) groups excluding carboxylic acids is 1. The van der Waals surface area contributed by atoms with E-state index in [0.29, 0.717) is 5.69 Å². The summed E-state index contributed by atoms with van der Waals surface area (Å²) in [4.78, 5) is 16.9. The fraction of sp³-hybridized carbons (Fsp3) is 0.211. The quantitative estimate of drug-likeness (QED) is 0.464. The number of aromatic nitrogens is 1.